The number of aromatic amines is 1. The number of hydrogen-bond donors (Lipinski definition) is 1. The Hall–Kier alpha value is -4.11. The molecule has 2 heterocycles. The number of hydrogen-bond acceptors (Lipinski definition) is 6. The van der Waals surface area contributed by atoms with Crippen molar-refractivity contribution in [2.45, 2.75) is 11.3 Å². The number of fused-ring (bicyclic) bond motifs is 2. The molecule has 1 N–H and O–H groups in total. The van der Waals surface area contributed by atoms with Crippen LogP contribution in [0.1, 0.15) is 26.3 Å². The number of carbonyl (C=O) groups excluding carboxylic acids is 2. The second kappa shape index (κ2) is 8.92. The van der Waals surface area contributed by atoms with Gasteiger partial charge in [0.15, 0.2) is 6.61 Å². The predicted molar refractivity (Wildman–Crippen MR) is 131 cm³/mol. The van der Waals surface area contributed by atoms with Crippen LogP contribution in [0.25, 0.3) is 10.9 Å². The van der Waals surface area contributed by atoms with Gasteiger partial charge in [0.05, 0.1) is 17.7 Å². The van der Waals surface area contributed by atoms with Crippen molar-refractivity contribution in [3.63, 3.8) is 0 Å². The van der Waals surface area contributed by atoms with E-state index in [-0.39, 0.29) is 22.0 Å². The highest BCUT2D eigenvalue weighted by molar-refractivity contribution is 7.92. The summed E-state index contributed by atoms with van der Waals surface area (Å²) in [4.78, 5) is 28.5. The Morgan fingerprint density at radius 2 is 1.77 bits per heavy atom. The van der Waals surface area contributed by atoms with Gasteiger partial charge in [-0.1, -0.05) is 36.4 Å². The highest BCUT2D eigenvalue weighted by Gasteiger charge is 2.32. The topological polar surface area (TPSA) is 106 Å². The molecule has 3 aromatic carbocycles. The molecule has 1 aliphatic rings. The maximum absolute atomic E-state index is 13.4. The summed E-state index contributed by atoms with van der Waals surface area (Å²) in [6.07, 6.45) is 2.18. The van der Waals surface area contributed by atoms with Gasteiger partial charge in [-0.2, -0.15) is 0 Å². The van der Waals surface area contributed by atoms with Gasteiger partial charge in [0.2, 0.25) is 5.78 Å². The van der Waals surface area contributed by atoms with Crippen molar-refractivity contribution in [3.05, 3.63) is 89.6 Å². The van der Waals surface area contributed by atoms with Crippen molar-refractivity contribution in [1.82, 2.24) is 4.98 Å². The average molecular weight is 491 g/mol. The number of Topliss-reactive ketones (excluding diaryl/α,β-unsaturated/α-hetero) is 1. The molecule has 5 rings (SSSR count). The zero-order valence-electron chi connectivity index (χ0n) is 18.9. The Bertz CT molecular complexity index is 1560. The molecule has 8 nitrogen and oxygen atoms in total. The summed E-state index contributed by atoms with van der Waals surface area (Å²) in [5, 5.41) is 0.727. The molecule has 0 unspecified atom stereocenters. The van der Waals surface area contributed by atoms with Gasteiger partial charge in [0.1, 0.15) is 11.3 Å². The second-order valence-electron chi connectivity index (χ2n) is 8.07. The first-order valence-corrected chi connectivity index (χ1v) is 12.4. The SMILES string of the molecule is COc1ccc(S(=O)(=O)N2CCc3ccccc32)cc1C(=O)OCC(=O)c1c[nH]c2ccccc12. The van der Waals surface area contributed by atoms with Crippen molar-refractivity contribution in [2.24, 2.45) is 0 Å². The number of ketones is 1. The van der Waals surface area contributed by atoms with Crippen molar-refractivity contribution in [2.75, 3.05) is 24.6 Å². The van der Waals surface area contributed by atoms with Crippen LogP contribution in [-0.2, 0) is 21.2 Å². The molecule has 1 aromatic heterocycles. The molecule has 4 aromatic rings. The van der Waals surface area contributed by atoms with Crippen LogP contribution in [0.4, 0.5) is 5.69 Å². The smallest absolute Gasteiger partial charge is 0.342 e. The number of carbonyl (C=O) groups is 2. The number of nitrogens with zero attached hydrogens (tertiary/aromatic N) is 1. The summed E-state index contributed by atoms with van der Waals surface area (Å²) in [6, 6.07) is 18.6. The number of benzene rings is 3. The molecule has 0 radical (unpaired) electrons. The van der Waals surface area contributed by atoms with Crippen LogP contribution < -0.4 is 9.04 Å². The summed E-state index contributed by atoms with van der Waals surface area (Å²) in [5.41, 5.74) is 2.69. The van der Waals surface area contributed by atoms with Crippen LogP contribution in [0, 0.1) is 0 Å². The quantitative estimate of drug-likeness (QED) is 0.310. The Morgan fingerprint density at radius 1 is 1.00 bits per heavy atom. The van der Waals surface area contributed by atoms with Gasteiger partial charge in [0.25, 0.3) is 10.0 Å². The molecule has 0 bridgehead atoms. The third-order valence-corrected chi connectivity index (χ3v) is 7.86. The van der Waals surface area contributed by atoms with Crippen molar-refractivity contribution in [3.8, 4) is 5.75 Å². The fraction of sp³-hybridized carbons (Fsp3) is 0.154. The zero-order valence-corrected chi connectivity index (χ0v) is 19.7. The van der Waals surface area contributed by atoms with Gasteiger partial charge in [-0.15, -0.1) is 0 Å². The van der Waals surface area contributed by atoms with Crippen LogP contribution in [0.3, 0.4) is 0 Å². The minimum Gasteiger partial charge on any atom is -0.496 e. The van der Waals surface area contributed by atoms with Crippen LogP contribution in [0.15, 0.2) is 77.8 Å². The number of methoxy groups -OCH3 is 1. The van der Waals surface area contributed by atoms with E-state index in [1.807, 2.05) is 30.3 Å². The molecule has 9 heteroatoms. The number of esters is 1. The number of aromatic nitrogens is 1. The fourth-order valence-electron chi connectivity index (χ4n) is 4.28. The Kier molecular flexibility index (Phi) is 5.78. The molecule has 0 spiro atoms. The number of ether oxygens (including phenoxy) is 2. The Balaban J connectivity index is 1.39. The first-order valence-electron chi connectivity index (χ1n) is 11.0. The van der Waals surface area contributed by atoms with E-state index >= 15 is 0 Å². The van der Waals surface area contributed by atoms with Crippen LogP contribution in [-0.4, -0.2) is 45.4 Å². The number of anilines is 1. The lowest BCUT2D eigenvalue weighted by Crippen LogP contribution is -2.29. The molecule has 0 fully saturated rings. The molecule has 178 valence electrons. The van der Waals surface area contributed by atoms with Gasteiger partial charge in [-0.25, -0.2) is 13.2 Å². The zero-order chi connectivity index (χ0) is 24.6. The summed E-state index contributed by atoms with van der Waals surface area (Å²) < 4.78 is 38.6. The lowest BCUT2D eigenvalue weighted by molar-refractivity contribution is 0.0471. The molecule has 0 amide bonds. The van der Waals surface area contributed by atoms with E-state index in [0.29, 0.717) is 24.2 Å². The molecule has 0 atom stereocenters. The number of H-pyrrole nitrogens is 1. The second-order valence-corrected chi connectivity index (χ2v) is 9.93. The van der Waals surface area contributed by atoms with E-state index in [4.69, 9.17) is 9.47 Å². The standard InChI is InChI=1S/C26H22N2O6S/c1-33-25-11-10-18(35(31,32)28-13-12-17-6-2-5-9-23(17)28)14-20(25)26(30)34-16-24(29)21-15-27-22-8-4-3-7-19(21)22/h2-11,14-15,27H,12-13,16H2,1H3. The van der Waals surface area contributed by atoms with E-state index in [9.17, 15) is 18.0 Å². The van der Waals surface area contributed by atoms with Gasteiger partial charge >= 0.3 is 5.97 Å². The van der Waals surface area contributed by atoms with Crippen LogP contribution >= 0.6 is 0 Å². The van der Waals surface area contributed by atoms with Crippen molar-refractivity contribution < 1.29 is 27.5 Å². The van der Waals surface area contributed by atoms with E-state index < -0.39 is 22.6 Å². The minimum absolute atomic E-state index is 0.0649. The fourth-order valence-corrected chi connectivity index (χ4v) is 5.81. The summed E-state index contributed by atoms with van der Waals surface area (Å²) >= 11 is 0. The first-order chi connectivity index (χ1) is 16.9. The van der Waals surface area contributed by atoms with Crippen LogP contribution in [0.2, 0.25) is 0 Å². The van der Waals surface area contributed by atoms with E-state index in [0.717, 1.165) is 16.5 Å². The highest BCUT2D eigenvalue weighted by atomic mass is 32.2. The van der Waals surface area contributed by atoms with Gasteiger partial charge in [-0.05, 0) is 42.3 Å². The Labute approximate surface area is 202 Å². The van der Waals surface area contributed by atoms with Gasteiger partial charge in [0, 0.05) is 29.2 Å². The molecule has 0 saturated carbocycles. The average Bonchev–Trinajstić information content (AvgIpc) is 3.51. The molecule has 35 heavy (non-hydrogen) atoms. The number of rotatable bonds is 7. The summed E-state index contributed by atoms with van der Waals surface area (Å²) in [6.45, 7) is -0.188. The highest BCUT2D eigenvalue weighted by Crippen LogP contribution is 2.34. The van der Waals surface area contributed by atoms with E-state index in [1.165, 1.54) is 29.6 Å². The monoisotopic (exact) mass is 490 g/mol. The Morgan fingerprint density at radius 3 is 2.60 bits per heavy atom. The molecule has 0 aliphatic carbocycles. The number of nitrogens with one attached hydrogen (secondary N) is 1. The molecular weight excluding hydrogens is 468 g/mol. The minimum atomic E-state index is -3.93. The third kappa shape index (κ3) is 4.04. The lowest BCUT2D eigenvalue weighted by atomic mass is 10.1. The maximum atomic E-state index is 13.4. The number of sulfonamides is 1. The normalized spacial score (nSPS) is 13.0. The predicted octanol–water partition coefficient (Wildman–Crippen LogP) is 3.97. The van der Waals surface area contributed by atoms with Crippen molar-refractivity contribution >= 4 is 38.4 Å². The molecule has 1 aliphatic heterocycles. The van der Waals surface area contributed by atoms with Gasteiger partial charge < -0.3 is 14.5 Å². The molecule has 0 saturated heterocycles. The van der Waals surface area contributed by atoms with Crippen molar-refractivity contribution in [1.29, 1.82) is 0 Å². The maximum Gasteiger partial charge on any atom is 0.342 e. The first kappa shape index (κ1) is 22.7. The summed E-state index contributed by atoms with van der Waals surface area (Å²) in [5.74, 6) is -1.09. The van der Waals surface area contributed by atoms with E-state index in [1.54, 1.807) is 24.4 Å². The third-order valence-electron chi connectivity index (χ3n) is 6.05. The lowest BCUT2D eigenvalue weighted by Gasteiger charge is -2.20. The summed E-state index contributed by atoms with van der Waals surface area (Å²) in [7, 11) is -2.56. The van der Waals surface area contributed by atoms with Gasteiger partial charge in [-0.3, -0.25) is 9.10 Å². The largest absolute Gasteiger partial charge is 0.496 e. The number of para-hydroxylation sites is 2. The van der Waals surface area contributed by atoms with Crippen LogP contribution in [0.5, 0.6) is 5.75 Å². The molecular formula is C26H22N2O6S. The van der Waals surface area contributed by atoms with E-state index in [2.05, 4.69) is 4.98 Å².